The van der Waals surface area contributed by atoms with Crippen LogP contribution in [0.25, 0.3) is 0 Å². The van der Waals surface area contributed by atoms with Crippen molar-refractivity contribution in [2.45, 2.75) is 38.0 Å². The molecule has 0 spiro atoms. The van der Waals surface area contributed by atoms with Crippen LogP contribution in [0, 0.1) is 0 Å². The molecule has 19 heavy (non-hydrogen) atoms. The van der Waals surface area contributed by atoms with E-state index in [-0.39, 0.29) is 24.2 Å². The van der Waals surface area contributed by atoms with Crippen molar-refractivity contribution in [3.63, 3.8) is 0 Å². The van der Waals surface area contributed by atoms with Gasteiger partial charge in [0.05, 0.1) is 12.1 Å². The summed E-state index contributed by atoms with van der Waals surface area (Å²) in [6.45, 7) is 2.44. The number of ether oxygens (including phenoxy) is 1. The standard InChI is InChI=1S/C14H19BrN2O2/c1-9(11-4-2-3-5-12(11)15)17-14(18)13-7-6-10(8-16)19-13/h2-5,9-10,13H,6-8,16H2,1H3,(H,17,18)/t9-,10?,13?/m1/s1. The van der Waals surface area contributed by atoms with Crippen molar-refractivity contribution in [3.8, 4) is 0 Å². The predicted molar refractivity (Wildman–Crippen MR) is 77.6 cm³/mol. The lowest BCUT2D eigenvalue weighted by Crippen LogP contribution is -2.37. The molecule has 1 fully saturated rings. The van der Waals surface area contributed by atoms with Crippen LogP contribution in [0.5, 0.6) is 0 Å². The minimum Gasteiger partial charge on any atom is -0.364 e. The normalized spacial score (nSPS) is 24.2. The Morgan fingerprint density at radius 1 is 1.53 bits per heavy atom. The van der Waals surface area contributed by atoms with Gasteiger partial charge in [0.25, 0.3) is 0 Å². The summed E-state index contributed by atoms with van der Waals surface area (Å²) in [4.78, 5) is 12.1. The van der Waals surface area contributed by atoms with E-state index in [2.05, 4.69) is 21.2 Å². The van der Waals surface area contributed by atoms with Gasteiger partial charge in [-0.2, -0.15) is 0 Å². The van der Waals surface area contributed by atoms with Crippen molar-refractivity contribution < 1.29 is 9.53 Å². The summed E-state index contributed by atoms with van der Waals surface area (Å²) in [5, 5.41) is 2.99. The third-order valence-electron chi connectivity index (χ3n) is 3.39. The van der Waals surface area contributed by atoms with Crippen molar-refractivity contribution in [3.05, 3.63) is 34.3 Å². The highest BCUT2D eigenvalue weighted by atomic mass is 79.9. The molecule has 4 nitrogen and oxygen atoms in total. The van der Waals surface area contributed by atoms with Crippen molar-refractivity contribution >= 4 is 21.8 Å². The SMILES string of the molecule is C[C@@H](NC(=O)C1CCC(CN)O1)c1ccccc1Br. The van der Waals surface area contributed by atoms with Gasteiger partial charge < -0.3 is 15.8 Å². The molecule has 1 aliphatic rings. The van der Waals surface area contributed by atoms with Gasteiger partial charge in [-0.15, -0.1) is 0 Å². The second-order valence-electron chi connectivity index (χ2n) is 4.81. The molecule has 3 atom stereocenters. The van der Waals surface area contributed by atoms with Crippen LogP contribution in [0.15, 0.2) is 28.7 Å². The third-order valence-corrected chi connectivity index (χ3v) is 4.12. The van der Waals surface area contributed by atoms with Crippen molar-refractivity contribution in [1.82, 2.24) is 5.32 Å². The topological polar surface area (TPSA) is 64.4 Å². The zero-order valence-electron chi connectivity index (χ0n) is 10.9. The largest absolute Gasteiger partial charge is 0.364 e. The number of carbonyl (C=O) groups excluding carboxylic acids is 1. The number of nitrogens with one attached hydrogen (secondary N) is 1. The van der Waals surface area contributed by atoms with Gasteiger partial charge in [-0.25, -0.2) is 0 Å². The number of hydrogen-bond donors (Lipinski definition) is 2. The number of rotatable bonds is 4. The second kappa shape index (κ2) is 6.50. The number of carbonyl (C=O) groups is 1. The molecule has 0 bridgehead atoms. The Bertz CT molecular complexity index is 453. The first-order chi connectivity index (χ1) is 9.11. The lowest BCUT2D eigenvalue weighted by Gasteiger charge is -2.19. The fourth-order valence-electron chi connectivity index (χ4n) is 2.28. The van der Waals surface area contributed by atoms with Crippen molar-refractivity contribution in [2.24, 2.45) is 5.73 Å². The van der Waals surface area contributed by atoms with E-state index in [0.717, 1.165) is 22.9 Å². The van der Waals surface area contributed by atoms with Crippen LogP contribution in [-0.2, 0) is 9.53 Å². The molecule has 104 valence electrons. The smallest absolute Gasteiger partial charge is 0.249 e. The van der Waals surface area contributed by atoms with Gasteiger partial charge in [0, 0.05) is 11.0 Å². The molecule has 1 aliphatic heterocycles. The molecular weight excluding hydrogens is 308 g/mol. The van der Waals surface area contributed by atoms with Crippen molar-refractivity contribution in [2.75, 3.05) is 6.54 Å². The van der Waals surface area contributed by atoms with Crippen molar-refractivity contribution in [1.29, 1.82) is 0 Å². The van der Waals surface area contributed by atoms with Crippen LogP contribution in [-0.4, -0.2) is 24.7 Å². The second-order valence-corrected chi connectivity index (χ2v) is 5.67. The molecule has 0 aliphatic carbocycles. The average Bonchev–Trinajstić information content (AvgIpc) is 2.88. The summed E-state index contributed by atoms with van der Waals surface area (Å²) >= 11 is 3.49. The number of halogens is 1. The number of benzene rings is 1. The van der Waals surface area contributed by atoms with Crippen LogP contribution in [0.4, 0.5) is 0 Å². The third kappa shape index (κ3) is 3.55. The Balaban J connectivity index is 1.94. The Morgan fingerprint density at radius 3 is 2.89 bits per heavy atom. The van der Waals surface area contributed by atoms with Crippen LogP contribution < -0.4 is 11.1 Å². The van der Waals surface area contributed by atoms with E-state index >= 15 is 0 Å². The van der Waals surface area contributed by atoms with E-state index in [0.29, 0.717) is 6.54 Å². The van der Waals surface area contributed by atoms with Crippen LogP contribution in [0.3, 0.4) is 0 Å². The summed E-state index contributed by atoms with van der Waals surface area (Å²) in [6, 6.07) is 7.82. The Kier molecular flexibility index (Phi) is 4.96. The summed E-state index contributed by atoms with van der Waals surface area (Å²) < 4.78 is 6.59. The molecule has 0 saturated carbocycles. The molecule has 1 aromatic carbocycles. The van der Waals surface area contributed by atoms with Gasteiger partial charge in [0.15, 0.2) is 0 Å². The molecule has 5 heteroatoms. The maximum atomic E-state index is 12.1. The van der Waals surface area contributed by atoms with E-state index in [1.54, 1.807) is 0 Å². The zero-order valence-corrected chi connectivity index (χ0v) is 12.5. The monoisotopic (exact) mass is 326 g/mol. The fraction of sp³-hybridized carbons (Fsp3) is 0.500. The Labute approximate surface area is 121 Å². The van der Waals surface area contributed by atoms with Crippen LogP contribution in [0.1, 0.15) is 31.4 Å². The number of hydrogen-bond acceptors (Lipinski definition) is 3. The molecule has 2 unspecified atom stereocenters. The maximum Gasteiger partial charge on any atom is 0.249 e. The molecule has 1 saturated heterocycles. The predicted octanol–water partition coefficient (Wildman–Crippen LogP) is 2.13. The van der Waals surface area contributed by atoms with E-state index in [1.165, 1.54) is 0 Å². The quantitative estimate of drug-likeness (QED) is 0.890. The molecule has 1 heterocycles. The average molecular weight is 327 g/mol. The molecule has 0 radical (unpaired) electrons. The number of amides is 1. The van der Waals surface area contributed by atoms with E-state index in [9.17, 15) is 4.79 Å². The molecular formula is C14H19BrN2O2. The Hall–Kier alpha value is -0.910. The zero-order chi connectivity index (χ0) is 13.8. The van der Waals surface area contributed by atoms with E-state index in [1.807, 2.05) is 31.2 Å². The van der Waals surface area contributed by atoms with Gasteiger partial charge >= 0.3 is 0 Å². The molecule has 0 aromatic heterocycles. The Morgan fingerprint density at radius 2 is 2.26 bits per heavy atom. The summed E-state index contributed by atoms with van der Waals surface area (Å²) in [6.07, 6.45) is 1.27. The van der Waals surface area contributed by atoms with Crippen LogP contribution in [0.2, 0.25) is 0 Å². The van der Waals surface area contributed by atoms with Crippen LogP contribution >= 0.6 is 15.9 Å². The first-order valence-corrected chi connectivity index (χ1v) is 7.31. The van der Waals surface area contributed by atoms with E-state index < -0.39 is 0 Å². The number of nitrogens with two attached hydrogens (primary N) is 1. The highest BCUT2D eigenvalue weighted by Crippen LogP contribution is 2.24. The minimum absolute atomic E-state index is 0.0227. The molecule has 1 amide bonds. The van der Waals surface area contributed by atoms with Gasteiger partial charge in [-0.1, -0.05) is 34.1 Å². The van der Waals surface area contributed by atoms with Gasteiger partial charge in [-0.3, -0.25) is 4.79 Å². The molecule has 2 rings (SSSR count). The van der Waals surface area contributed by atoms with Gasteiger partial charge in [0.2, 0.25) is 5.91 Å². The maximum absolute atomic E-state index is 12.1. The lowest BCUT2D eigenvalue weighted by molar-refractivity contribution is -0.132. The van der Waals surface area contributed by atoms with Gasteiger partial charge in [0.1, 0.15) is 6.10 Å². The highest BCUT2D eigenvalue weighted by Gasteiger charge is 2.30. The van der Waals surface area contributed by atoms with Gasteiger partial charge in [-0.05, 0) is 31.4 Å². The fourth-order valence-corrected chi connectivity index (χ4v) is 2.91. The lowest BCUT2D eigenvalue weighted by atomic mass is 10.1. The molecule has 1 aromatic rings. The first-order valence-electron chi connectivity index (χ1n) is 6.52. The highest BCUT2D eigenvalue weighted by molar-refractivity contribution is 9.10. The summed E-state index contributed by atoms with van der Waals surface area (Å²) in [5.74, 6) is -0.0563. The minimum atomic E-state index is -0.363. The van der Waals surface area contributed by atoms with E-state index in [4.69, 9.17) is 10.5 Å². The summed E-state index contributed by atoms with van der Waals surface area (Å²) in [7, 11) is 0. The summed E-state index contributed by atoms with van der Waals surface area (Å²) in [5.41, 5.74) is 6.60. The molecule has 3 N–H and O–H groups in total. The first kappa shape index (κ1) is 14.5.